The molecule has 1 N–H and O–H groups in total. The maximum atomic E-state index is 13.6. The number of benzene rings is 1. The predicted molar refractivity (Wildman–Crippen MR) is 83.9 cm³/mol. The first kappa shape index (κ1) is 14.0. The van der Waals surface area contributed by atoms with Gasteiger partial charge in [-0.3, -0.25) is 0 Å². The number of aryl methyl sites for hydroxylation is 1. The molecule has 21 heavy (non-hydrogen) atoms. The number of aromatic nitrogens is 3. The average molecular weight is 349 g/mol. The predicted octanol–water partition coefficient (Wildman–Crippen LogP) is 4.11. The Morgan fingerprint density at radius 3 is 2.86 bits per heavy atom. The third kappa shape index (κ3) is 2.90. The van der Waals surface area contributed by atoms with Crippen molar-refractivity contribution in [2.75, 3.05) is 5.32 Å². The van der Waals surface area contributed by atoms with Crippen molar-refractivity contribution in [3.05, 3.63) is 57.9 Å². The molecule has 108 valence electrons. The first-order valence-corrected chi connectivity index (χ1v) is 7.37. The van der Waals surface area contributed by atoms with E-state index in [0.29, 0.717) is 11.5 Å². The standard InChI is InChI=1S/C15H14BrFN4/c1-9-3-4-11(7-13(9)17)10(2)18-15-19-14-6-5-12(16)8-21(14)20-15/h3-8,10H,1-2H3,(H,18,20). The lowest BCUT2D eigenvalue weighted by Crippen LogP contribution is -2.08. The average Bonchev–Trinajstić information content (AvgIpc) is 2.83. The number of nitrogens with zero attached hydrogens (tertiary/aromatic N) is 3. The maximum Gasteiger partial charge on any atom is 0.243 e. The lowest BCUT2D eigenvalue weighted by Gasteiger charge is -2.13. The second-order valence-electron chi connectivity index (χ2n) is 4.96. The first-order chi connectivity index (χ1) is 10.0. The van der Waals surface area contributed by atoms with Gasteiger partial charge in [-0.05, 0) is 59.1 Å². The lowest BCUT2D eigenvalue weighted by molar-refractivity contribution is 0.614. The van der Waals surface area contributed by atoms with E-state index in [0.717, 1.165) is 15.7 Å². The highest BCUT2D eigenvalue weighted by atomic mass is 79.9. The minimum atomic E-state index is -0.201. The van der Waals surface area contributed by atoms with Gasteiger partial charge in [0.2, 0.25) is 5.95 Å². The number of fused-ring (bicyclic) bond motifs is 1. The molecular weight excluding hydrogens is 335 g/mol. The number of nitrogens with one attached hydrogen (secondary N) is 1. The molecular formula is C15H14BrFN4. The number of rotatable bonds is 3. The third-order valence-electron chi connectivity index (χ3n) is 3.34. The molecule has 2 heterocycles. The summed E-state index contributed by atoms with van der Waals surface area (Å²) in [6.07, 6.45) is 1.84. The molecule has 0 aliphatic carbocycles. The van der Waals surface area contributed by atoms with Crippen LogP contribution in [0.2, 0.25) is 0 Å². The number of anilines is 1. The van der Waals surface area contributed by atoms with Gasteiger partial charge in [0.05, 0.1) is 6.04 Å². The van der Waals surface area contributed by atoms with Gasteiger partial charge in [-0.1, -0.05) is 12.1 Å². The smallest absolute Gasteiger partial charge is 0.243 e. The van der Waals surface area contributed by atoms with Crippen LogP contribution in [-0.4, -0.2) is 14.6 Å². The molecule has 2 aromatic heterocycles. The summed E-state index contributed by atoms with van der Waals surface area (Å²) in [5.41, 5.74) is 2.25. The van der Waals surface area contributed by atoms with Crippen molar-refractivity contribution in [3.8, 4) is 0 Å². The van der Waals surface area contributed by atoms with Crippen molar-refractivity contribution in [3.63, 3.8) is 0 Å². The van der Waals surface area contributed by atoms with E-state index in [1.54, 1.807) is 23.6 Å². The molecule has 1 aromatic carbocycles. The molecule has 0 saturated heterocycles. The number of pyridine rings is 1. The topological polar surface area (TPSA) is 42.2 Å². The number of hydrogen-bond donors (Lipinski definition) is 1. The molecule has 3 rings (SSSR count). The van der Waals surface area contributed by atoms with Crippen LogP contribution < -0.4 is 5.32 Å². The minimum absolute atomic E-state index is 0.0825. The SMILES string of the molecule is Cc1ccc(C(C)Nc2nc3ccc(Br)cn3n2)cc1F. The quantitative estimate of drug-likeness (QED) is 0.774. The molecule has 0 saturated carbocycles. The van der Waals surface area contributed by atoms with Gasteiger partial charge in [0.15, 0.2) is 5.65 Å². The lowest BCUT2D eigenvalue weighted by atomic mass is 10.1. The Morgan fingerprint density at radius 2 is 2.10 bits per heavy atom. The summed E-state index contributed by atoms with van der Waals surface area (Å²) in [6.45, 7) is 3.70. The van der Waals surface area contributed by atoms with Crippen LogP contribution in [-0.2, 0) is 0 Å². The van der Waals surface area contributed by atoms with Gasteiger partial charge in [0.25, 0.3) is 0 Å². The van der Waals surface area contributed by atoms with Gasteiger partial charge >= 0.3 is 0 Å². The van der Waals surface area contributed by atoms with Crippen molar-refractivity contribution >= 4 is 27.5 Å². The Morgan fingerprint density at radius 1 is 1.29 bits per heavy atom. The van der Waals surface area contributed by atoms with Crippen molar-refractivity contribution in [2.45, 2.75) is 19.9 Å². The summed E-state index contributed by atoms with van der Waals surface area (Å²) in [5, 5.41) is 7.54. The summed E-state index contributed by atoms with van der Waals surface area (Å²) in [5.74, 6) is 0.314. The molecule has 1 atom stereocenters. The second kappa shape index (κ2) is 5.44. The first-order valence-electron chi connectivity index (χ1n) is 6.57. The molecule has 0 bridgehead atoms. The summed E-state index contributed by atoms with van der Waals surface area (Å²) in [7, 11) is 0. The number of hydrogen-bond acceptors (Lipinski definition) is 3. The summed E-state index contributed by atoms with van der Waals surface area (Å²) >= 11 is 3.39. The molecule has 0 aliphatic rings. The van der Waals surface area contributed by atoms with E-state index < -0.39 is 0 Å². The number of halogens is 2. The summed E-state index contributed by atoms with van der Waals surface area (Å²) < 4.78 is 16.2. The molecule has 0 spiro atoms. The Balaban J connectivity index is 1.85. The molecule has 1 unspecified atom stereocenters. The highest BCUT2D eigenvalue weighted by molar-refractivity contribution is 9.10. The summed E-state index contributed by atoms with van der Waals surface area (Å²) in [4.78, 5) is 4.39. The van der Waals surface area contributed by atoms with Crippen LogP contribution in [0.15, 0.2) is 41.0 Å². The fraction of sp³-hybridized carbons (Fsp3) is 0.200. The fourth-order valence-electron chi connectivity index (χ4n) is 2.07. The summed E-state index contributed by atoms with van der Waals surface area (Å²) in [6, 6.07) is 8.92. The van der Waals surface area contributed by atoms with Crippen molar-refractivity contribution < 1.29 is 4.39 Å². The molecule has 4 nitrogen and oxygen atoms in total. The van der Waals surface area contributed by atoms with Crippen LogP contribution in [0.25, 0.3) is 5.65 Å². The van der Waals surface area contributed by atoms with Crippen molar-refractivity contribution in [1.29, 1.82) is 0 Å². The second-order valence-corrected chi connectivity index (χ2v) is 5.88. The van der Waals surface area contributed by atoms with E-state index >= 15 is 0 Å². The molecule has 6 heteroatoms. The van der Waals surface area contributed by atoms with Crippen LogP contribution in [0.3, 0.4) is 0 Å². The van der Waals surface area contributed by atoms with Gasteiger partial charge < -0.3 is 5.32 Å². The van der Waals surface area contributed by atoms with Gasteiger partial charge in [-0.15, -0.1) is 5.10 Å². The Kier molecular flexibility index (Phi) is 3.63. The zero-order chi connectivity index (χ0) is 15.0. The van der Waals surface area contributed by atoms with Crippen LogP contribution in [0.4, 0.5) is 10.3 Å². The fourth-order valence-corrected chi connectivity index (χ4v) is 2.40. The third-order valence-corrected chi connectivity index (χ3v) is 3.81. The zero-order valence-corrected chi connectivity index (χ0v) is 13.2. The van der Waals surface area contributed by atoms with Gasteiger partial charge in [0.1, 0.15) is 5.82 Å². The molecule has 0 aliphatic heterocycles. The van der Waals surface area contributed by atoms with Crippen LogP contribution in [0.5, 0.6) is 0 Å². The van der Waals surface area contributed by atoms with E-state index in [1.807, 2.05) is 31.3 Å². The van der Waals surface area contributed by atoms with E-state index in [9.17, 15) is 4.39 Å². The van der Waals surface area contributed by atoms with Crippen molar-refractivity contribution in [2.24, 2.45) is 0 Å². The molecule has 0 amide bonds. The van der Waals surface area contributed by atoms with Crippen LogP contribution >= 0.6 is 15.9 Å². The van der Waals surface area contributed by atoms with Crippen molar-refractivity contribution in [1.82, 2.24) is 14.6 Å². The Labute approximate surface area is 130 Å². The minimum Gasteiger partial charge on any atom is -0.346 e. The van der Waals surface area contributed by atoms with Gasteiger partial charge in [-0.2, -0.15) is 4.98 Å². The molecule has 0 fully saturated rings. The molecule has 3 aromatic rings. The van der Waals surface area contributed by atoms with Crippen LogP contribution in [0.1, 0.15) is 24.1 Å². The van der Waals surface area contributed by atoms with Gasteiger partial charge in [0, 0.05) is 10.7 Å². The highest BCUT2D eigenvalue weighted by Gasteiger charge is 2.11. The largest absolute Gasteiger partial charge is 0.346 e. The van der Waals surface area contributed by atoms with Gasteiger partial charge in [-0.25, -0.2) is 8.91 Å². The van der Waals surface area contributed by atoms with E-state index in [4.69, 9.17) is 0 Å². The normalized spacial score (nSPS) is 12.6. The van der Waals surface area contributed by atoms with E-state index in [1.165, 1.54) is 0 Å². The monoisotopic (exact) mass is 348 g/mol. The van der Waals surface area contributed by atoms with E-state index in [2.05, 4.69) is 31.3 Å². The highest BCUT2D eigenvalue weighted by Crippen LogP contribution is 2.20. The maximum absolute atomic E-state index is 13.6. The zero-order valence-electron chi connectivity index (χ0n) is 11.6. The van der Waals surface area contributed by atoms with Crippen LogP contribution in [0, 0.1) is 12.7 Å². The Hall–Kier alpha value is -1.95. The van der Waals surface area contributed by atoms with E-state index in [-0.39, 0.29) is 11.9 Å². The molecule has 0 radical (unpaired) electrons. The Bertz CT molecular complexity index is 799.